The van der Waals surface area contributed by atoms with Crippen LogP contribution in [-0.2, 0) is 11.0 Å². The van der Waals surface area contributed by atoms with Gasteiger partial charge in [0, 0.05) is 32.2 Å². The molecule has 3 rings (SSSR count). The van der Waals surface area contributed by atoms with E-state index in [1.54, 1.807) is 21.9 Å². The molecule has 1 aromatic carbocycles. The quantitative estimate of drug-likeness (QED) is 0.816. The lowest BCUT2D eigenvalue weighted by Gasteiger charge is -2.35. The van der Waals surface area contributed by atoms with Crippen LogP contribution in [0.2, 0.25) is 0 Å². The van der Waals surface area contributed by atoms with Gasteiger partial charge in [0.2, 0.25) is 0 Å². The molecule has 0 spiro atoms. The van der Waals surface area contributed by atoms with Gasteiger partial charge in [0.05, 0.1) is 0 Å². The van der Waals surface area contributed by atoms with Crippen LogP contribution in [0.15, 0.2) is 36.7 Å². The Bertz CT molecular complexity index is 788. The standard InChI is InChI=1S/C18H19F3N4O2/c1-13-2-4-14(5-3-13)27-11-17(26)25-8-6-24(7-9-25)16-10-15(18(19,20)21)22-12-23-16/h2-5,10,12H,6-9,11H2,1H3. The topological polar surface area (TPSA) is 58.6 Å². The fourth-order valence-electron chi connectivity index (χ4n) is 2.73. The summed E-state index contributed by atoms with van der Waals surface area (Å²) < 4.78 is 43.8. The van der Waals surface area contributed by atoms with Crippen LogP contribution in [-0.4, -0.2) is 53.6 Å². The molecule has 6 nitrogen and oxygen atoms in total. The van der Waals surface area contributed by atoms with Gasteiger partial charge < -0.3 is 14.5 Å². The number of amides is 1. The second-order valence-electron chi connectivity index (χ2n) is 6.23. The van der Waals surface area contributed by atoms with E-state index in [1.807, 2.05) is 19.1 Å². The monoisotopic (exact) mass is 380 g/mol. The molecule has 0 aliphatic carbocycles. The number of alkyl halides is 3. The SMILES string of the molecule is Cc1ccc(OCC(=O)N2CCN(c3cc(C(F)(F)F)ncn3)CC2)cc1. The Kier molecular flexibility index (Phi) is 5.48. The van der Waals surface area contributed by atoms with Crippen molar-refractivity contribution in [3.05, 3.63) is 47.9 Å². The van der Waals surface area contributed by atoms with E-state index in [0.29, 0.717) is 31.9 Å². The molecule has 2 aromatic rings. The van der Waals surface area contributed by atoms with E-state index in [9.17, 15) is 18.0 Å². The van der Waals surface area contributed by atoms with Gasteiger partial charge in [-0.15, -0.1) is 0 Å². The van der Waals surface area contributed by atoms with E-state index < -0.39 is 11.9 Å². The Morgan fingerprint density at radius 1 is 1.11 bits per heavy atom. The summed E-state index contributed by atoms with van der Waals surface area (Å²) in [6.07, 6.45) is -3.60. The van der Waals surface area contributed by atoms with E-state index in [2.05, 4.69) is 9.97 Å². The van der Waals surface area contributed by atoms with E-state index in [0.717, 1.165) is 18.0 Å². The second kappa shape index (κ2) is 7.81. The summed E-state index contributed by atoms with van der Waals surface area (Å²) in [6.45, 7) is 3.45. The molecule has 0 bridgehead atoms. The van der Waals surface area contributed by atoms with Crippen molar-refractivity contribution in [1.29, 1.82) is 0 Å². The van der Waals surface area contributed by atoms with Gasteiger partial charge in [-0.3, -0.25) is 4.79 Å². The third-order valence-electron chi connectivity index (χ3n) is 4.28. The number of nitrogens with zero attached hydrogens (tertiary/aromatic N) is 4. The van der Waals surface area contributed by atoms with Crippen molar-refractivity contribution >= 4 is 11.7 Å². The second-order valence-corrected chi connectivity index (χ2v) is 6.23. The molecule has 0 atom stereocenters. The summed E-state index contributed by atoms with van der Waals surface area (Å²) in [5, 5.41) is 0. The molecule has 1 aliphatic rings. The molecule has 1 fully saturated rings. The molecule has 0 saturated carbocycles. The van der Waals surface area contributed by atoms with Crippen LogP contribution in [0.1, 0.15) is 11.3 Å². The molecule has 0 radical (unpaired) electrons. The van der Waals surface area contributed by atoms with Crippen molar-refractivity contribution in [3.63, 3.8) is 0 Å². The highest BCUT2D eigenvalue weighted by Crippen LogP contribution is 2.29. The largest absolute Gasteiger partial charge is 0.484 e. The van der Waals surface area contributed by atoms with E-state index in [-0.39, 0.29) is 18.3 Å². The molecular weight excluding hydrogens is 361 g/mol. The number of piperazine rings is 1. The Morgan fingerprint density at radius 2 is 1.78 bits per heavy atom. The number of rotatable bonds is 4. The Hall–Kier alpha value is -2.84. The third kappa shape index (κ3) is 4.87. The number of hydrogen-bond donors (Lipinski definition) is 0. The van der Waals surface area contributed by atoms with Crippen molar-refractivity contribution in [3.8, 4) is 5.75 Å². The fraction of sp³-hybridized carbons (Fsp3) is 0.389. The Labute approximate surface area is 154 Å². The number of benzene rings is 1. The minimum atomic E-state index is -4.51. The summed E-state index contributed by atoms with van der Waals surface area (Å²) in [6, 6.07) is 8.32. The number of anilines is 1. The number of aryl methyl sites for hydroxylation is 1. The molecule has 1 saturated heterocycles. The molecule has 2 heterocycles. The van der Waals surface area contributed by atoms with Gasteiger partial charge in [-0.25, -0.2) is 9.97 Å². The fourth-order valence-corrected chi connectivity index (χ4v) is 2.73. The van der Waals surface area contributed by atoms with E-state index in [1.165, 1.54) is 0 Å². The first-order valence-electron chi connectivity index (χ1n) is 8.44. The third-order valence-corrected chi connectivity index (χ3v) is 4.28. The molecule has 27 heavy (non-hydrogen) atoms. The molecule has 0 unspecified atom stereocenters. The van der Waals surface area contributed by atoms with Crippen LogP contribution >= 0.6 is 0 Å². The first-order valence-corrected chi connectivity index (χ1v) is 8.44. The predicted octanol–water partition coefficient (Wildman–Crippen LogP) is 2.53. The number of halogens is 3. The number of carbonyl (C=O) groups excluding carboxylic acids is 1. The molecule has 1 aromatic heterocycles. The zero-order valence-corrected chi connectivity index (χ0v) is 14.7. The van der Waals surface area contributed by atoms with Gasteiger partial charge in [0.1, 0.15) is 23.6 Å². The zero-order valence-electron chi connectivity index (χ0n) is 14.7. The molecule has 9 heteroatoms. The van der Waals surface area contributed by atoms with Crippen LogP contribution in [0.4, 0.5) is 19.0 Å². The molecule has 144 valence electrons. The zero-order chi connectivity index (χ0) is 19.4. The molecule has 0 N–H and O–H groups in total. The van der Waals surface area contributed by atoms with Gasteiger partial charge in [0.25, 0.3) is 5.91 Å². The summed E-state index contributed by atoms with van der Waals surface area (Å²) in [5.41, 5.74) is 0.126. The maximum absolute atomic E-state index is 12.8. The summed E-state index contributed by atoms with van der Waals surface area (Å²) >= 11 is 0. The maximum atomic E-state index is 12.8. The van der Waals surface area contributed by atoms with Crippen LogP contribution in [0.25, 0.3) is 0 Å². The summed E-state index contributed by atoms with van der Waals surface area (Å²) in [7, 11) is 0. The van der Waals surface area contributed by atoms with Crippen molar-refractivity contribution in [1.82, 2.24) is 14.9 Å². The van der Waals surface area contributed by atoms with E-state index >= 15 is 0 Å². The van der Waals surface area contributed by atoms with Gasteiger partial charge in [-0.2, -0.15) is 13.2 Å². The first-order chi connectivity index (χ1) is 12.8. The van der Waals surface area contributed by atoms with Crippen LogP contribution in [0.3, 0.4) is 0 Å². The van der Waals surface area contributed by atoms with Crippen molar-refractivity contribution in [2.75, 3.05) is 37.7 Å². The highest BCUT2D eigenvalue weighted by molar-refractivity contribution is 5.78. The van der Waals surface area contributed by atoms with Crippen LogP contribution < -0.4 is 9.64 Å². The van der Waals surface area contributed by atoms with E-state index in [4.69, 9.17) is 4.74 Å². The smallest absolute Gasteiger partial charge is 0.433 e. The lowest BCUT2D eigenvalue weighted by atomic mass is 10.2. The van der Waals surface area contributed by atoms with Crippen LogP contribution in [0.5, 0.6) is 5.75 Å². The minimum absolute atomic E-state index is 0.0746. The van der Waals surface area contributed by atoms with Crippen molar-refractivity contribution in [2.45, 2.75) is 13.1 Å². The average Bonchev–Trinajstić information content (AvgIpc) is 2.67. The highest BCUT2D eigenvalue weighted by Gasteiger charge is 2.33. The minimum Gasteiger partial charge on any atom is -0.484 e. The summed E-state index contributed by atoms with van der Waals surface area (Å²) in [5.74, 6) is 0.669. The lowest BCUT2D eigenvalue weighted by molar-refractivity contribution is -0.141. The maximum Gasteiger partial charge on any atom is 0.433 e. The Morgan fingerprint density at radius 3 is 2.41 bits per heavy atom. The molecule has 1 aliphatic heterocycles. The van der Waals surface area contributed by atoms with Gasteiger partial charge in [-0.1, -0.05) is 17.7 Å². The number of hydrogen-bond acceptors (Lipinski definition) is 5. The average molecular weight is 380 g/mol. The molecule has 1 amide bonds. The van der Waals surface area contributed by atoms with Crippen LogP contribution in [0, 0.1) is 6.92 Å². The number of aromatic nitrogens is 2. The predicted molar refractivity (Wildman–Crippen MR) is 92.5 cm³/mol. The number of carbonyl (C=O) groups is 1. The lowest BCUT2D eigenvalue weighted by Crippen LogP contribution is -2.50. The van der Waals surface area contributed by atoms with Gasteiger partial charge in [-0.05, 0) is 19.1 Å². The van der Waals surface area contributed by atoms with Crippen molar-refractivity contribution in [2.24, 2.45) is 0 Å². The van der Waals surface area contributed by atoms with Gasteiger partial charge in [0.15, 0.2) is 6.61 Å². The number of ether oxygens (including phenoxy) is 1. The molecular formula is C18H19F3N4O2. The van der Waals surface area contributed by atoms with Crippen molar-refractivity contribution < 1.29 is 22.7 Å². The normalized spacial score (nSPS) is 15.0. The first kappa shape index (κ1) is 18.9. The summed E-state index contributed by atoms with van der Waals surface area (Å²) in [4.78, 5) is 22.8. The highest BCUT2D eigenvalue weighted by atomic mass is 19.4. The Balaban J connectivity index is 1.52. The van der Waals surface area contributed by atoms with Gasteiger partial charge >= 0.3 is 6.18 Å².